The van der Waals surface area contributed by atoms with Crippen molar-refractivity contribution < 1.29 is 33.3 Å². The lowest BCUT2D eigenvalue weighted by Crippen LogP contribution is -2.35. The Morgan fingerprint density at radius 1 is 1.30 bits per heavy atom. The topological polar surface area (TPSA) is 88.1 Å². The van der Waals surface area contributed by atoms with Crippen molar-refractivity contribution in [3.05, 3.63) is 0 Å². The van der Waals surface area contributed by atoms with E-state index in [0.717, 1.165) is 12.8 Å². The number of ketones is 1. The van der Waals surface area contributed by atoms with Gasteiger partial charge in [-0.05, 0) is 27.2 Å². The molecule has 7 nitrogen and oxygen atoms in total. The molecule has 2 saturated heterocycles. The molecule has 2 rings (SSSR count). The first-order valence-corrected chi connectivity index (χ1v) is 7.98. The van der Waals surface area contributed by atoms with Gasteiger partial charge >= 0.3 is 11.9 Å². The van der Waals surface area contributed by atoms with Crippen LogP contribution in [0, 0.1) is 5.92 Å². The lowest BCUT2D eigenvalue weighted by molar-refractivity contribution is -0.191. The van der Waals surface area contributed by atoms with Crippen LogP contribution in [-0.4, -0.2) is 48.4 Å². The minimum Gasteiger partial charge on any atom is -0.461 e. The highest BCUT2D eigenvalue weighted by atomic mass is 16.8. The number of rotatable bonds is 7. The van der Waals surface area contributed by atoms with Crippen molar-refractivity contribution in [2.75, 3.05) is 6.61 Å². The van der Waals surface area contributed by atoms with Crippen LogP contribution in [0.5, 0.6) is 0 Å². The summed E-state index contributed by atoms with van der Waals surface area (Å²) in [6.45, 7) is 6.64. The fourth-order valence-corrected chi connectivity index (χ4v) is 2.82. The molecule has 0 spiro atoms. The Labute approximate surface area is 135 Å². The summed E-state index contributed by atoms with van der Waals surface area (Å²) >= 11 is 0. The zero-order valence-electron chi connectivity index (χ0n) is 14.0. The zero-order valence-corrected chi connectivity index (χ0v) is 14.0. The van der Waals surface area contributed by atoms with Gasteiger partial charge in [0.1, 0.15) is 24.4 Å². The van der Waals surface area contributed by atoms with Gasteiger partial charge in [-0.15, -0.1) is 0 Å². The third-order valence-electron chi connectivity index (χ3n) is 4.01. The second kappa shape index (κ2) is 6.97. The van der Waals surface area contributed by atoms with Crippen LogP contribution in [0.15, 0.2) is 0 Å². The van der Waals surface area contributed by atoms with Gasteiger partial charge in [0.25, 0.3) is 0 Å². The summed E-state index contributed by atoms with van der Waals surface area (Å²) in [7, 11) is 0. The highest BCUT2D eigenvalue weighted by Crippen LogP contribution is 2.36. The largest absolute Gasteiger partial charge is 0.461 e. The molecule has 7 heteroatoms. The summed E-state index contributed by atoms with van der Waals surface area (Å²) in [5.74, 6) is -2.95. The Bertz CT molecular complexity index is 485. The Kier molecular flexibility index (Phi) is 5.41. The fourth-order valence-electron chi connectivity index (χ4n) is 2.82. The second-order valence-electron chi connectivity index (χ2n) is 6.43. The molecular formula is C16H24O7. The first-order valence-electron chi connectivity index (χ1n) is 7.98. The van der Waals surface area contributed by atoms with E-state index in [4.69, 9.17) is 18.9 Å². The number of cyclic esters (lactones) is 1. The number of ether oxygens (including phenoxy) is 4. The van der Waals surface area contributed by atoms with Crippen molar-refractivity contribution in [2.45, 2.75) is 71.1 Å². The molecule has 0 aromatic rings. The molecule has 0 bridgehead atoms. The van der Waals surface area contributed by atoms with E-state index in [0.29, 0.717) is 6.42 Å². The van der Waals surface area contributed by atoms with Gasteiger partial charge in [-0.2, -0.15) is 0 Å². The third-order valence-corrected chi connectivity index (χ3v) is 4.01. The molecule has 2 aliphatic heterocycles. The Morgan fingerprint density at radius 2 is 2.00 bits per heavy atom. The van der Waals surface area contributed by atoms with Gasteiger partial charge in [-0.25, -0.2) is 4.79 Å². The number of fused-ring (bicyclic) bond motifs is 1. The summed E-state index contributed by atoms with van der Waals surface area (Å²) in [4.78, 5) is 35.4. The van der Waals surface area contributed by atoms with Gasteiger partial charge < -0.3 is 18.9 Å². The molecule has 2 heterocycles. The van der Waals surface area contributed by atoms with E-state index in [1.54, 1.807) is 13.8 Å². The van der Waals surface area contributed by atoms with E-state index in [9.17, 15) is 14.4 Å². The molecule has 2 aliphatic rings. The van der Waals surface area contributed by atoms with Crippen molar-refractivity contribution in [2.24, 2.45) is 5.92 Å². The minimum atomic E-state index is -0.875. The van der Waals surface area contributed by atoms with E-state index in [1.165, 1.54) is 6.92 Å². The maximum absolute atomic E-state index is 12.1. The average molecular weight is 328 g/mol. The van der Waals surface area contributed by atoms with Crippen LogP contribution < -0.4 is 0 Å². The Balaban J connectivity index is 1.91. The van der Waals surface area contributed by atoms with Crippen molar-refractivity contribution in [3.63, 3.8) is 0 Å². The molecule has 0 aromatic heterocycles. The standard InChI is InChI=1S/C16H24O7/c1-5-6-7-10(9(2)17)14(18)20-8-11-12-13(15(19)21-11)23-16(3,4)22-12/h10-13H,5-8H2,1-4H3/t10?,11-,12-,13-/m1/s1. The maximum Gasteiger partial charge on any atom is 0.338 e. The highest BCUT2D eigenvalue weighted by molar-refractivity contribution is 5.97. The highest BCUT2D eigenvalue weighted by Gasteiger charge is 2.56. The molecule has 0 N–H and O–H groups in total. The number of Topliss-reactive ketones (excluding diaryl/α,β-unsaturated/α-hetero) is 1. The van der Waals surface area contributed by atoms with Gasteiger partial charge in [0, 0.05) is 0 Å². The van der Waals surface area contributed by atoms with Crippen molar-refractivity contribution >= 4 is 17.7 Å². The van der Waals surface area contributed by atoms with Crippen LogP contribution in [0.3, 0.4) is 0 Å². The van der Waals surface area contributed by atoms with Crippen LogP contribution in [0.1, 0.15) is 47.0 Å². The van der Waals surface area contributed by atoms with E-state index in [1.807, 2.05) is 6.92 Å². The van der Waals surface area contributed by atoms with Gasteiger partial charge in [0.05, 0.1) is 0 Å². The molecule has 2 fully saturated rings. The number of esters is 2. The number of carbonyl (C=O) groups is 3. The number of hydrogen-bond acceptors (Lipinski definition) is 7. The smallest absolute Gasteiger partial charge is 0.338 e. The summed E-state index contributed by atoms with van der Waals surface area (Å²) in [5.41, 5.74) is 0. The van der Waals surface area contributed by atoms with Crippen molar-refractivity contribution in [1.29, 1.82) is 0 Å². The van der Waals surface area contributed by atoms with Crippen LogP contribution in [0.25, 0.3) is 0 Å². The molecule has 1 unspecified atom stereocenters. The number of unbranched alkanes of at least 4 members (excludes halogenated alkanes) is 1. The lowest BCUT2D eigenvalue weighted by atomic mass is 9.98. The summed E-state index contributed by atoms with van der Waals surface area (Å²) < 4.78 is 21.4. The molecule has 0 amide bonds. The third kappa shape index (κ3) is 4.09. The monoisotopic (exact) mass is 328 g/mol. The predicted octanol–water partition coefficient (Wildman–Crippen LogP) is 1.37. The van der Waals surface area contributed by atoms with Gasteiger partial charge in [0.15, 0.2) is 18.0 Å². The van der Waals surface area contributed by atoms with Crippen molar-refractivity contribution in [3.8, 4) is 0 Å². The van der Waals surface area contributed by atoms with E-state index in [-0.39, 0.29) is 12.4 Å². The van der Waals surface area contributed by atoms with Gasteiger partial charge in [-0.1, -0.05) is 19.8 Å². The Hall–Kier alpha value is -1.47. The van der Waals surface area contributed by atoms with E-state index < -0.39 is 42.0 Å². The van der Waals surface area contributed by atoms with Crippen LogP contribution in [-0.2, 0) is 33.3 Å². The van der Waals surface area contributed by atoms with Crippen LogP contribution >= 0.6 is 0 Å². The maximum atomic E-state index is 12.1. The van der Waals surface area contributed by atoms with Crippen molar-refractivity contribution in [1.82, 2.24) is 0 Å². The lowest BCUT2D eigenvalue weighted by Gasteiger charge is -2.21. The zero-order chi connectivity index (χ0) is 17.2. The SMILES string of the molecule is CCCCC(C(C)=O)C(=O)OC[C@H]1OC(=O)[C@@H]2OC(C)(C)O[C@H]12. The first kappa shape index (κ1) is 17.9. The molecular weight excluding hydrogens is 304 g/mol. The summed E-state index contributed by atoms with van der Waals surface area (Å²) in [6.07, 6.45) is 0.0223. The van der Waals surface area contributed by atoms with E-state index >= 15 is 0 Å². The first-order chi connectivity index (χ1) is 10.7. The predicted molar refractivity (Wildman–Crippen MR) is 78.4 cm³/mol. The second-order valence-corrected chi connectivity index (χ2v) is 6.43. The van der Waals surface area contributed by atoms with Gasteiger partial charge in [-0.3, -0.25) is 9.59 Å². The fraction of sp³-hybridized carbons (Fsp3) is 0.812. The molecule has 4 atom stereocenters. The number of hydrogen-bond donors (Lipinski definition) is 0. The number of carbonyl (C=O) groups excluding carboxylic acids is 3. The molecule has 23 heavy (non-hydrogen) atoms. The Morgan fingerprint density at radius 3 is 2.61 bits per heavy atom. The molecule has 0 aromatic carbocycles. The summed E-state index contributed by atoms with van der Waals surface area (Å²) in [6, 6.07) is 0. The quantitative estimate of drug-likeness (QED) is 0.515. The van der Waals surface area contributed by atoms with Crippen LogP contribution in [0.2, 0.25) is 0 Å². The minimum absolute atomic E-state index is 0.138. The molecule has 130 valence electrons. The molecule has 0 radical (unpaired) electrons. The average Bonchev–Trinajstić information content (AvgIpc) is 2.91. The summed E-state index contributed by atoms with van der Waals surface area (Å²) in [5, 5.41) is 0. The molecule has 0 saturated carbocycles. The normalized spacial score (nSPS) is 29.7. The van der Waals surface area contributed by atoms with Crippen LogP contribution in [0.4, 0.5) is 0 Å². The molecule has 0 aliphatic carbocycles. The van der Waals surface area contributed by atoms with Gasteiger partial charge in [0.2, 0.25) is 0 Å². The van der Waals surface area contributed by atoms with E-state index in [2.05, 4.69) is 0 Å².